The van der Waals surface area contributed by atoms with Gasteiger partial charge in [0.1, 0.15) is 17.2 Å². The molecule has 6 nitrogen and oxygen atoms in total. The van der Waals surface area contributed by atoms with Crippen molar-refractivity contribution in [3.63, 3.8) is 0 Å². The fourth-order valence-electron chi connectivity index (χ4n) is 5.27. The fraction of sp³-hybridized carbons (Fsp3) is 0.143. The minimum atomic E-state index is -4.16. The van der Waals surface area contributed by atoms with Crippen LogP contribution in [0.3, 0.4) is 0 Å². The summed E-state index contributed by atoms with van der Waals surface area (Å²) in [6, 6.07) is 46.6. The SMILES string of the molecule is O=P(Oc1ccccc1)(Oc1ccccc1)Oc1ccccc1C1N(Cc2ccccc2)CCN1Cc1ccccc1. The molecule has 1 fully saturated rings. The van der Waals surface area contributed by atoms with Crippen LogP contribution in [0, 0.1) is 0 Å². The third-order valence-electron chi connectivity index (χ3n) is 7.15. The molecule has 212 valence electrons. The largest absolute Gasteiger partial charge is 0.647 e. The first kappa shape index (κ1) is 27.8. The van der Waals surface area contributed by atoms with Crippen molar-refractivity contribution in [2.45, 2.75) is 19.3 Å². The lowest BCUT2D eigenvalue weighted by molar-refractivity contribution is 0.123. The third kappa shape index (κ3) is 6.92. The van der Waals surface area contributed by atoms with Crippen molar-refractivity contribution in [2.75, 3.05) is 13.1 Å². The van der Waals surface area contributed by atoms with Crippen molar-refractivity contribution in [3.8, 4) is 17.2 Å². The molecule has 0 spiro atoms. The first-order chi connectivity index (χ1) is 20.7. The molecule has 1 saturated heterocycles. The second-order valence-electron chi connectivity index (χ2n) is 10.2. The summed E-state index contributed by atoms with van der Waals surface area (Å²) in [5.41, 5.74) is 3.36. The number of nitrogens with zero attached hydrogens (tertiary/aromatic N) is 2. The van der Waals surface area contributed by atoms with Crippen molar-refractivity contribution in [3.05, 3.63) is 162 Å². The van der Waals surface area contributed by atoms with Gasteiger partial charge < -0.3 is 13.6 Å². The van der Waals surface area contributed by atoms with Crippen molar-refractivity contribution in [2.24, 2.45) is 0 Å². The second kappa shape index (κ2) is 13.1. The highest BCUT2D eigenvalue weighted by atomic mass is 31.2. The Morgan fingerprint density at radius 3 is 1.40 bits per heavy atom. The molecular formula is C35H33N2O4P. The number of phosphoric ester groups is 1. The first-order valence-electron chi connectivity index (χ1n) is 14.1. The van der Waals surface area contributed by atoms with Gasteiger partial charge in [-0.1, -0.05) is 115 Å². The summed E-state index contributed by atoms with van der Waals surface area (Å²) in [5.74, 6) is 1.24. The normalized spacial score (nSPS) is 14.5. The maximum Gasteiger partial charge on any atom is 0.647 e. The Morgan fingerprint density at radius 1 is 0.524 bits per heavy atom. The summed E-state index contributed by atoms with van der Waals surface area (Å²) < 4.78 is 32.6. The maximum atomic E-state index is 14.3. The van der Waals surface area contributed by atoms with E-state index in [9.17, 15) is 4.57 Å². The molecular weight excluding hydrogens is 543 g/mol. The van der Waals surface area contributed by atoms with Crippen LogP contribution in [0.15, 0.2) is 146 Å². The zero-order chi connectivity index (χ0) is 28.6. The Hall–Kier alpha value is -4.35. The Morgan fingerprint density at radius 2 is 0.929 bits per heavy atom. The van der Waals surface area contributed by atoms with E-state index >= 15 is 0 Å². The van der Waals surface area contributed by atoms with Crippen LogP contribution in [0.4, 0.5) is 0 Å². The second-order valence-corrected chi connectivity index (χ2v) is 11.6. The minimum absolute atomic E-state index is 0.122. The third-order valence-corrected chi connectivity index (χ3v) is 8.44. The van der Waals surface area contributed by atoms with Crippen LogP contribution in [0.1, 0.15) is 22.9 Å². The monoisotopic (exact) mass is 576 g/mol. The zero-order valence-electron chi connectivity index (χ0n) is 23.2. The molecule has 1 heterocycles. The van der Waals surface area contributed by atoms with Gasteiger partial charge >= 0.3 is 7.82 Å². The van der Waals surface area contributed by atoms with Crippen molar-refractivity contribution >= 4 is 7.82 Å². The van der Waals surface area contributed by atoms with E-state index in [2.05, 4.69) is 58.3 Å². The number of hydrogen-bond donors (Lipinski definition) is 0. The average molecular weight is 577 g/mol. The molecule has 5 aromatic rings. The Bertz CT molecular complexity index is 1510. The van der Waals surface area contributed by atoms with E-state index in [0.717, 1.165) is 31.7 Å². The quantitative estimate of drug-likeness (QED) is 0.147. The number of hydrogen-bond acceptors (Lipinski definition) is 6. The lowest BCUT2D eigenvalue weighted by atomic mass is 10.1. The van der Waals surface area contributed by atoms with Gasteiger partial charge in [-0.25, -0.2) is 0 Å². The predicted molar refractivity (Wildman–Crippen MR) is 165 cm³/mol. The van der Waals surface area contributed by atoms with Crippen molar-refractivity contribution < 1.29 is 18.1 Å². The molecule has 0 atom stereocenters. The van der Waals surface area contributed by atoms with E-state index in [-0.39, 0.29) is 6.17 Å². The van der Waals surface area contributed by atoms with E-state index in [1.54, 1.807) is 24.3 Å². The van der Waals surface area contributed by atoms with Crippen LogP contribution in [0.5, 0.6) is 17.2 Å². The lowest BCUT2D eigenvalue weighted by Crippen LogP contribution is -2.31. The molecule has 0 unspecified atom stereocenters. The molecule has 42 heavy (non-hydrogen) atoms. The molecule has 0 radical (unpaired) electrons. The Labute approximate surface area is 247 Å². The predicted octanol–water partition coefficient (Wildman–Crippen LogP) is 8.35. The summed E-state index contributed by atoms with van der Waals surface area (Å²) in [6.45, 7) is 3.28. The summed E-state index contributed by atoms with van der Waals surface area (Å²) in [7, 11) is -4.16. The molecule has 0 bridgehead atoms. The Kier molecular flexibility index (Phi) is 8.67. The van der Waals surface area contributed by atoms with E-state index in [4.69, 9.17) is 13.6 Å². The summed E-state index contributed by atoms with van der Waals surface area (Å²) in [4.78, 5) is 4.86. The Balaban J connectivity index is 1.36. The lowest BCUT2D eigenvalue weighted by Gasteiger charge is -2.32. The molecule has 0 saturated carbocycles. The molecule has 6 rings (SSSR count). The van der Waals surface area contributed by atoms with E-state index in [1.165, 1.54) is 11.1 Å². The van der Waals surface area contributed by atoms with Crippen molar-refractivity contribution in [1.82, 2.24) is 9.80 Å². The summed E-state index contributed by atoms with van der Waals surface area (Å²) >= 11 is 0. The van der Waals surface area contributed by atoms with Gasteiger partial charge in [-0.3, -0.25) is 9.80 Å². The standard InChI is InChI=1S/C35H33N2O4P/c38-42(39-31-19-9-3-10-20-31,40-32-21-11-4-12-22-32)41-34-24-14-13-23-33(34)35-36(27-29-15-5-1-6-16-29)25-26-37(35)28-30-17-7-2-8-18-30/h1-24,35H,25-28H2. The van der Waals surface area contributed by atoms with Gasteiger partial charge in [-0.05, 0) is 41.5 Å². The van der Waals surface area contributed by atoms with Gasteiger partial charge in [0.05, 0.1) is 6.17 Å². The molecule has 1 aliphatic rings. The van der Waals surface area contributed by atoms with Gasteiger partial charge in [-0.2, -0.15) is 4.57 Å². The number of phosphoric acid groups is 1. The maximum absolute atomic E-state index is 14.3. The molecule has 0 N–H and O–H groups in total. The highest BCUT2D eigenvalue weighted by Gasteiger charge is 2.39. The van der Waals surface area contributed by atoms with Gasteiger partial charge in [0.15, 0.2) is 0 Å². The first-order valence-corrected chi connectivity index (χ1v) is 15.6. The topological polar surface area (TPSA) is 51.2 Å². The minimum Gasteiger partial charge on any atom is -0.386 e. The van der Waals surface area contributed by atoms with E-state index in [1.807, 2.05) is 72.8 Å². The number of benzene rings is 5. The van der Waals surface area contributed by atoms with Gasteiger partial charge in [0, 0.05) is 31.7 Å². The highest BCUT2D eigenvalue weighted by molar-refractivity contribution is 7.49. The van der Waals surface area contributed by atoms with Gasteiger partial charge in [0.25, 0.3) is 0 Å². The molecule has 0 amide bonds. The molecule has 7 heteroatoms. The van der Waals surface area contributed by atoms with E-state index in [0.29, 0.717) is 17.2 Å². The van der Waals surface area contributed by atoms with Crippen molar-refractivity contribution in [1.29, 1.82) is 0 Å². The van der Waals surface area contributed by atoms with Gasteiger partial charge in [-0.15, -0.1) is 0 Å². The van der Waals surface area contributed by atoms with Crippen LogP contribution in [0.25, 0.3) is 0 Å². The van der Waals surface area contributed by atoms with Gasteiger partial charge in [0.2, 0.25) is 0 Å². The average Bonchev–Trinajstić information content (AvgIpc) is 3.40. The number of rotatable bonds is 11. The van der Waals surface area contributed by atoms with Crippen LogP contribution in [-0.2, 0) is 17.7 Å². The molecule has 1 aliphatic heterocycles. The smallest absolute Gasteiger partial charge is 0.386 e. The summed E-state index contributed by atoms with van der Waals surface area (Å²) in [5, 5.41) is 0. The van der Waals surface area contributed by atoms with E-state index < -0.39 is 7.82 Å². The molecule has 0 aliphatic carbocycles. The number of para-hydroxylation sites is 3. The highest BCUT2D eigenvalue weighted by Crippen LogP contribution is 2.51. The fourth-order valence-corrected chi connectivity index (χ4v) is 6.55. The summed E-state index contributed by atoms with van der Waals surface area (Å²) in [6.07, 6.45) is -0.122. The van der Waals surface area contributed by atoms with Crippen LogP contribution >= 0.6 is 7.82 Å². The van der Waals surface area contributed by atoms with Crippen LogP contribution in [0.2, 0.25) is 0 Å². The molecule has 5 aromatic carbocycles. The van der Waals surface area contributed by atoms with Crippen LogP contribution < -0.4 is 13.6 Å². The molecule has 0 aromatic heterocycles. The zero-order valence-corrected chi connectivity index (χ0v) is 24.1. The van der Waals surface area contributed by atoms with Crippen LogP contribution in [-0.4, -0.2) is 22.9 Å².